The lowest BCUT2D eigenvalue weighted by molar-refractivity contribution is -0.384. The zero-order valence-electron chi connectivity index (χ0n) is 9.94. The van der Waals surface area contributed by atoms with E-state index in [1.807, 2.05) is 6.92 Å². The molecular formula is C12H14N2O3S. The van der Waals surface area contributed by atoms with Crippen molar-refractivity contribution in [3.63, 3.8) is 0 Å². The third-order valence-corrected chi connectivity index (χ3v) is 3.54. The van der Waals surface area contributed by atoms with Crippen molar-refractivity contribution >= 4 is 24.2 Å². The number of likely N-dealkylation sites (tertiary alicyclic amines) is 1. The first-order valence-corrected chi connectivity index (χ1v) is 6.22. The summed E-state index contributed by atoms with van der Waals surface area (Å²) >= 11 is 4.31. The monoisotopic (exact) mass is 266 g/mol. The Kier molecular flexibility index (Phi) is 3.56. The quantitative estimate of drug-likeness (QED) is 0.518. The largest absolute Gasteiger partial charge is 0.335 e. The third kappa shape index (κ3) is 2.48. The van der Waals surface area contributed by atoms with E-state index in [0.29, 0.717) is 13.0 Å². The van der Waals surface area contributed by atoms with Gasteiger partial charge in [-0.15, -0.1) is 0 Å². The first-order chi connectivity index (χ1) is 8.49. The minimum absolute atomic E-state index is 0.0609. The van der Waals surface area contributed by atoms with Gasteiger partial charge in [0.1, 0.15) is 0 Å². The maximum atomic E-state index is 11.7. The summed E-state index contributed by atoms with van der Waals surface area (Å²) in [5, 5.41) is 10.6. The molecule has 0 spiro atoms. The minimum atomic E-state index is -0.431. The number of carbonyl (C=O) groups is 1. The van der Waals surface area contributed by atoms with Gasteiger partial charge >= 0.3 is 0 Å². The molecule has 0 radical (unpaired) electrons. The Labute approximate surface area is 110 Å². The van der Waals surface area contributed by atoms with Gasteiger partial charge in [0.2, 0.25) is 5.91 Å². The van der Waals surface area contributed by atoms with Crippen LogP contribution in [-0.2, 0) is 4.79 Å². The van der Waals surface area contributed by atoms with E-state index in [4.69, 9.17) is 0 Å². The smallest absolute Gasteiger partial charge is 0.269 e. The predicted molar refractivity (Wildman–Crippen MR) is 70.6 cm³/mol. The molecule has 1 fully saturated rings. The molecule has 1 aromatic rings. The highest BCUT2D eigenvalue weighted by molar-refractivity contribution is 7.81. The zero-order valence-corrected chi connectivity index (χ0v) is 10.8. The lowest BCUT2D eigenvalue weighted by atomic mass is 10.1. The van der Waals surface area contributed by atoms with Crippen molar-refractivity contribution in [3.05, 3.63) is 39.9 Å². The van der Waals surface area contributed by atoms with Gasteiger partial charge in [0, 0.05) is 30.3 Å². The Bertz CT molecular complexity index is 475. The van der Waals surface area contributed by atoms with Gasteiger partial charge in [0.25, 0.3) is 5.69 Å². The van der Waals surface area contributed by atoms with Crippen LogP contribution in [0, 0.1) is 10.1 Å². The molecule has 0 N–H and O–H groups in total. The molecule has 1 amide bonds. The van der Waals surface area contributed by atoms with Crippen LogP contribution in [0.4, 0.5) is 5.69 Å². The molecule has 0 bridgehead atoms. The topological polar surface area (TPSA) is 63.5 Å². The van der Waals surface area contributed by atoms with Crippen LogP contribution in [0.15, 0.2) is 24.3 Å². The first kappa shape index (κ1) is 12.9. The zero-order chi connectivity index (χ0) is 13.3. The molecule has 6 heteroatoms. The molecule has 96 valence electrons. The Morgan fingerprint density at radius 1 is 1.44 bits per heavy atom. The standard InChI is InChI=1S/C12H14N2O3S/c1-8(13-7-11(18)6-12(13)15)9-2-4-10(5-3-9)14(16)17/h2-5,8,11,18H,6-7H2,1H3/t8-,11?/m0/s1. The summed E-state index contributed by atoms with van der Waals surface area (Å²) in [5.74, 6) is 0.0841. The SMILES string of the molecule is C[C@@H](c1ccc([N+](=O)[O-])cc1)N1CC(S)CC1=O. The van der Waals surface area contributed by atoms with Gasteiger partial charge < -0.3 is 4.90 Å². The van der Waals surface area contributed by atoms with Crippen molar-refractivity contribution < 1.29 is 9.72 Å². The fraction of sp³-hybridized carbons (Fsp3) is 0.417. The molecule has 0 aromatic heterocycles. The van der Waals surface area contributed by atoms with E-state index in [0.717, 1.165) is 5.56 Å². The number of nitro groups is 1. The van der Waals surface area contributed by atoms with E-state index >= 15 is 0 Å². The molecule has 2 rings (SSSR count). The van der Waals surface area contributed by atoms with E-state index in [9.17, 15) is 14.9 Å². The summed E-state index contributed by atoms with van der Waals surface area (Å²) in [7, 11) is 0. The van der Waals surface area contributed by atoms with Crippen LogP contribution in [-0.4, -0.2) is 27.5 Å². The first-order valence-electron chi connectivity index (χ1n) is 5.71. The van der Waals surface area contributed by atoms with Gasteiger partial charge in [0.15, 0.2) is 0 Å². The number of carbonyl (C=O) groups excluding carboxylic acids is 1. The molecule has 1 aliphatic heterocycles. The number of hydrogen-bond acceptors (Lipinski definition) is 4. The molecule has 18 heavy (non-hydrogen) atoms. The summed E-state index contributed by atoms with van der Waals surface area (Å²) < 4.78 is 0. The van der Waals surface area contributed by atoms with Crippen LogP contribution in [0.25, 0.3) is 0 Å². The van der Waals surface area contributed by atoms with Gasteiger partial charge in [-0.05, 0) is 12.5 Å². The van der Waals surface area contributed by atoms with Crippen LogP contribution in [0.1, 0.15) is 24.9 Å². The van der Waals surface area contributed by atoms with Gasteiger partial charge in [-0.3, -0.25) is 14.9 Å². The number of amides is 1. The summed E-state index contributed by atoms with van der Waals surface area (Å²) in [5.41, 5.74) is 0.960. The van der Waals surface area contributed by atoms with Crippen molar-refractivity contribution in [2.24, 2.45) is 0 Å². The third-order valence-electron chi connectivity index (χ3n) is 3.19. The number of nitrogens with zero attached hydrogens (tertiary/aromatic N) is 2. The Balaban J connectivity index is 2.16. The number of thiol groups is 1. The number of rotatable bonds is 3. The van der Waals surface area contributed by atoms with E-state index in [2.05, 4.69) is 12.6 Å². The van der Waals surface area contributed by atoms with Gasteiger partial charge in [-0.25, -0.2) is 0 Å². The van der Waals surface area contributed by atoms with Crippen molar-refractivity contribution in [2.75, 3.05) is 6.54 Å². The van der Waals surface area contributed by atoms with Crippen LogP contribution in [0.3, 0.4) is 0 Å². The second-order valence-electron chi connectivity index (χ2n) is 4.43. The second kappa shape index (κ2) is 4.97. The average Bonchev–Trinajstić information content (AvgIpc) is 2.67. The normalized spacial score (nSPS) is 21.1. The number of nitro benzene ring substituents is 1. The summed E-state index contributed by atoms with van der Waals surface area (Å²) in [6, 6.07) is 6.24. The number of hydrogen-bond donors (Lipinski definition) is 1. The summed E-state index contributed by atoms with van der Waals surface area (Å²) in [4.78, 5) is 23.6. The molecule has 2 atom stereocenters. The fourth-order valence-corrected chi connectivity index (χ4v) is 2.47. The molecule has 1 unspecified atom stereocenters. The average molecular weight is 266 g/mol. The van der Waals surface area contributed by atoms with Crippen LogP contribution in [0.5, 0.6) is 0 Å². The fourth-order valence-electron chi connectivity index (χ4n) is 2.14. The van der Waals surface area contributed by atoms with Crippen molar-refractivity contribution in [2.45, 2.75) is 24.6 Å². The maximum Gasteiger partial charge on any atom is 0.269 e. The highest BCUT2D eigenvalue weighted by Gasteiger charge is 2.31. The van der Waals surface area contributed by atoms with E-state index < -0.39 is 4.92 Å². The Hall–Kier alpha value is -1.56. The van der Waals surface area contributed by atoms with Gasteiger partial charge in [-0.2, -0.15) is 12.6 Å². The van der Waals surface area contributed by atoms with Gasteiger partial charge in [0.05, 0.1) is 11.0 Å². The molecule has 1 heterocycles. The highest BCUT2D eigenvalue weighted by atomic mass is 32.1. The van der Waals surface area contributed by atoms with Crippen LogP contribution < -0.4 is 0 Å². The van der Waals surface area contributed by atoms with E-state index in [-0.39, 0.29) is 22.9 Å². The molecule has 5 nitrogen and oxygen atoms in total. The maximum absolute atomic E-state index is 11.7. The van der Waals surface area contributed by atoms with Crippen LogP contribution in [0.2, 0.25) is 0 Å². The minimum Gasteiger partial charge on any atom is -0.335 e. The van der Waals surface area contributed by atoms with Crippen molar-refractivity contribution in [1.82, 2.24) is 4.90 Å². The van der Waals surface area contributed by atoms with Gasteiger partial charge in [-0.1, -0.05) is 12.1 Å². The number of benzene rings is 1. The second-order valence-corrected chi connectivity index (χ2v) is 5.16. The molecule has 1 aromatic carbocycles. The highest BCUT2D eigenvalue weighted by Crippen LogP contribution is 2.28. The van der Waals surface area contributed by atoms with Crippen LogP contribution >= 0.6 is 12.6 Å². The van der Waals surface area contributed by atoms with E-state index in [1.54, 1.807) is 17.0 Å². The summed E-state index contributed by atoms with van der Waals surface area (Å²) in [6.45, 7) is 2.55. The lowest BCUT2D eigenvalue weighted by Crippen LogP contribution is -2.28. The molecule has 0 saturated carbocycles. The molecular weight excluding hydrogens is 252 g/mol. The van der Waals surface area contributed by atoms with Crippen molar-refractivity contribution in [1.29, 1.82) is 0 Å². The van der Waals surface area contributed by atoms with Crippen molar-refractivity contribution in [3.8, 4) is 0 Å². The Morgan fingerprint density at radius 2 is 2.06 bits per heavy atom. The number of non-ortho nitro benzene ring substituents is 1. The lowest BCUT2D eigenvalue weighted by Gasteiger charge is -2.24. The summed E-state index contributed by atoms with van der Waals surface area (Å²) in [6.07, 6.45) is 0.459. The molecule has 1 aliphatic rings. The van der Waals surface area contributed by atoms with E-state index in [1.165, 1.54) is 12.1 Å². The predicted octanol–water partition coefficient (Wildman–Crippen LogP) is 2.19. The Morgan fingerprint density at radius 3 is 2.50 bits per heavy atom. The molecule has 1 saturated heterocycles. The molecule has 0 aliphatic carbocycles.